The molecule has 2 fully saturated rings. The molecular weight excluding hydrogens is 214 g/mol. The van der Waals surface area contributed by atoms with Gasteiger partial charge in [-0.25, -0.2) is 0 Å². The van der Waals surface area contributed by atoms with Gasteiger partial charge in [0, 0.05) is 12.6 Å². The molecule has 0 saturated heterocycles. The smallest absolute Gasteiger partial charge is 0.00684 e. The normalized spacial score (nSPS) is 24.6. The Labute approximate surface area is 105 Å². The zero-order valence-electron chi connectivity index (χ0n) is 10.8. The Kier molecular flexibility index (Phi) is 5.02. The maximum atomic E-state index is 3.79. The Morgan fingerprint density at radius 2 is 1.94 bits per heavy atom. The van der Waals surface area contributed by atoms with Crippen molar-refractivity contribution in [3.05, 3.63) is 0 Å². The van der Waals surface area contributed by atoms with E-state index in [1.54, 1.807) is 0 Å². The van der Waals surface area contributed by atoms with E-state index in [9.17, 15) is 0 Å². The molecule has 2 saturated carbocycles. The van der Waals surface area contributed by atoms with Crippen LogP contribution in [0.3, 0.4) is 0 Å². The molecule has 0 amide bonds. The highest BCUT2D eigenvalue weighted by Crippen LogP contribution is 2.40. The summed E-state index contributed by atoms with van der Waals surface area (Å²) in [4.78, 5) is 0. The van der Waals surface area contributed by atoms with Crippen LogP contribution in [0.1, 0.15) is 57.8 Å². The SMILES string of the molecule is CSCCCC1(CNC2CC2)CCCCC1. The van der Waals surface area contributed by atoms with Crippen molar-refractivity contribution in [2.24, 2.45) is 5.41 Å². The summed E-state index contributed by atoms with van der Waals surface area (Å²) in [5, 5.41) is 3.79. The molecule has 0 atom stereocenters. The van der Waals surface area contributed by atoms with Gasteiger partial charge < -0.3 is 5.32 Å². The minimum absolute atomic E-state index is 0.677. The van der Waals surface area contributed by atoms with Gasteiger partial charge in [0.05, 0.1) is 0 Å². The third-order valence-corrected chi connectivity index (χ3v) is 5.01. The lowest BCUT2D eigenvalue weighted by Gasteiger charge is -2.38. The van der Waals surface area contributed by atoms with E-state index in [1.165, 1.54) is 70.1 Å². The maximum Gasteiger partial charge on any atom is 0.00684 e. The average Bonchev–Trinajstić information content (AvgIpc) is 3.12. The Morgan fingerprint density at radius 3 is 2.56 bits per heavy atom. The van der Waals surface area contributed by atoms with Crippen LogP contribution in [0.4, 0.5) is 0 Å². The van der Waals surface area contributed by atoms with Crippen molar-refractivity contribution in [3.8, 4) is 0 Å². The molecule has 0 heterocycles. The summed E-state index contributed by atoms with van der Waals surface area (Å²) in [5.41, 5.74) is 0.677. The Bertz CT molecular complexity index is 195. The molecule has 2 rings (SSSR count). The minimum atomic E-state index is 0.677. The predicted molar refractivity (Wildman–Crippen MR) is 74.2 cm³/mol. The van der Waals surface area contributed by atoms with Gasteiger partial charge in [-0.15, -0.1) is 0 Å². The van der Waals surface area contributed by atoms with Crippen molar-refractivity contribution >= 4 is 11.8 Å². The maximum absolute atomic E-state index is 3.79. The van der Waals surface area contributed by atoms with Crippen LogP contribution in [0.5, 0.6) is 0 Å². The van der Waals surface area contributed by atoms with E-state index >= 15 is 0 Å². The van der Waals surface area contributed by atoms with E-state index in [-0.39, 0.29) is 0 Å². The van der Waals surface area contributed by atoms with E-state index < -0.39 is 0 Å². The van der Waals surface area contributed by atoms with Crippen LogP contribution < -0.4 is 5.32 Å². The van der Waals surface area contributed by atoms with Crippen molar-refractivity contribution < 1.29 is 0 Å². The molecule has 1 N–H and O–H groups in total. The molecule has 2 aliphatic carbocycles. The van der Waals surface area contributed by atoms with Gasteiger partial charge in [0.15, 0.2) is 0 Å². The fourth-order valence-electron chi connectivity index (χ4n) is 3.06. The second-order valence-electron chi connectivity index (χ2n) is 5.81. The van der Waals surface area contributed by atoms with Gasteiger partial charge in [0.25, 0.3) is 0 Å². The molecular formula is C14H27NS. The number of nitrogens with one attached hydrogen (secondary N) is 1. The molecule has 0 bridgehead atoms. The standard InChI is InChI=1S/C14H27NS/c1-16-11-5-10-14(8-3-2-4-9-14)12-15-13-6-7-13/h13,15H,2-12H2,1H3. The summed E-state index contributed by atoms with van der Waals surface area (Å²) in [6.45, 7) is 1.31. The molecule has 0 aromatic heterocycles. The first-order valence-corrected chi connectivity index (χ1v) is 8.46. The van der Waals surface area contributed by atoms with Crippen LogP contribution in [0.15, 0.2) is 0 Å². The number of thioether (sulfide) groups is 1. The highest BCUT2D eigenvalue weighted by atomic mass is 32.2. The molecule has 0 spiro atoms. The first-order chi connectivity index (χ1) is 7.85. The van der Waals surface area contributed by atoms with Crippen molar-refractivity contribution in [3.63, 3.8) is 0 Å². The highest BCUT2D eigenvalue weighted by molar-refractivity contribution is 7.98. The average molecular weight is 241 g/mol. The molecule has 0 aromatic carbocycles. The molecule has 0 unspecified atom stereocenters. The van der Waals surface area contributed by atoms with Crippen molar-refractivity contribution in [1.82, 2.24) is 5.32 Å². The van der Waals surface area contributed by atoms with E-state index in [0.717, 1.165) is 6.04 Å². The zero-order valence-corrected chi connectivity index (χ0v) is 11.6. The summed E-state index contributed by atoms with van der Waals surface area (Å²) in [6, 6.07) is 0.888. The van der Waals surface area contributed by atoms with E-state index in [4.69, 9.17) is 0 Å². The summed E-state index contributed by atoms with van der Waals surface area (Å²) in [5.74, 6) is 1.35. The van der Waals surface area contributed by atoms with Gasteiger partial charge >= 0.3 is 0 Å². The van der Waals surface area contributed by atoms with Gasteiger partial charge in [0.1, 0.15) is 0 Å². The topological polar surface area (TPSA) is 12.0 Å². The summed E-state index contributed by atoms with van der Waals surface area (Å²) >= 11 is 2.01. The van der Waals surface area contributed by atoms with E-state index in [0.29, 0.717) is 5.41 Å². The zero-order chi connectivity index (χ0) is 11.3. The predicted octanol–water partition coefficient (Wildman–Crippen LogP) is 3.83. The third kappa shape index (κ3) is 3.96. The second-order valence-corrected chi connectivity index (χ2v) is 6.80. The lowest BCUT2D eigenvalue weighted by Crippen LogP contribution is -2.37. The van der Waals surface area contributed by atoms with Crippen molar-refractivity contribution in [2.75, 3.05) is 18.6 Å². The van der Waals surface area contributed by atoms with Crippen LogP contribution in [0, 0.1) is 5.41 Å². The van der Waals surface area contributed by atoms with Gasteiger partial charge in [0.2, 0.25) is 0 Å². The quantitative estimate of drug-likeness (QED) is 0.680. The first-order valence-electron chi connectivity index (χ1n) is 7.07. The lowest BCUT2D eigenvalue weighted by molar-refractivity contribution is 0.165. The van der Waals surface area contributed by atoms with Crippen molar-refractivity contribution in [2.45, 2.75) is 63.8 Å². The Balaban J connectivity index is 1.77. The van der Waals surface area contributed by atoms with E-state index in [1.807, 2.05) is 11.8 Å². The molecule has 2 aliphatic rings. The summed E-state index contributed by atoms with van der Waals surface area (Å²) < 4.78 is 0. The van der Waals surface area contributed by atoms with Crippen LogP contribution in [-0.2, 0) is 0 Å². The number of rotatable bonds is 7. The molecule has 94 valence electrons. The fraction of sp³-hybridized carbons (Fsp3) is 1.00. The van der Waals surface area contributed by atoms with Crippen LogP contribution in [-0.4, -0.2) is 24.6 Å². The highest BCUT2D eigenvalue weighted by Gasteiger charge is 2.33. The molecule has 0 radical (unpaired) electrons. The summed E-state index contributed by atoms with van der Waals surface area (Å²) in [7, 11) is 0. The number of hydrogen-bond donors (Lipinski definition) is 1. The van der Waals surface area contributed by atoms with Gasteiger partial charge in [-0.2, -0.15) is 11.8 Å². The van der Waals surface area contributed by atoms with Crippen LogP contribution in [0.25, 0.3) is 0 Å². The monoisotopic (exact) mass is 241 g/mol. The molecule has 0 aromatic rings. The summed E-state index contributed by atoms with van der Waals surface area (Å²) in [6.07, 6.45) is 15.4. The lowest BCUT2D eigenvalue weighted by atomic mass is 9.71. The molecule has 2 heteroatoms. The number of hydrogen-bond acceptors (Lipinski definition) is 2. The second kappa shape index (κ2) is 6.30. The van der Waals surface area contributed by atoms with E-state index in [2.05, 4.69) is 11.6 Å². The van der Waals surface area contributed by atoms with Crippen LogP contribution in [0.2, 0.25) is 0 Å². The Morgan fingerprint density at radius 1 is 1.19 bits per heavy atom. The minimum Gasteiger partial charge on any atom is -0.313 e. The third-order valence-electron chi connectivity index (χ3n) is 4.31. The fourth-order valence-corrected chi connectivity index (χ4v) is 3.49. The van der Waals surface area contributed by atoms with Gasteiger partial charge in [-0.05, 0) is 55.9 Å². The molecule has 1 nitrogen and oxygen atoms in total. The molecule has 16 heavy (non-hydrogen) atoms. The van der Waals surface area contributed by atoms with Gasteiger partial charge in [-0.1, -0.05) is 19.3 Å². The van der Waals surface area contributed by atoms with Crippen molar-refractivity contribution in [1.29, 1.82) is 0 Å². The van der Waals surface area contributed by atoms with Gasteiger partial charge in [-0.3, -0.25) is 0 Å². The van der Waals surface area contributed by atoms with Crippen LogP contribution >= 0.6 is 11.8 Å². The largest absolute Gasteiger partial charge is 0.313 e. The first kappa shape index (κ1) is 12.8. The molecule has 0 aliphatic heterocycles. The Hall–Kier alpha value is 0.310.